The zero-order valence-corrected chi connectivity index (χ0v) is 8.64. The Morgan fingerprint density at radius 3 is 2.94 bits per heavy atom. The average Bonchev–Trinajstić information content (AvgIpc) is 2.79. The van der Waals surface area contributed by atoms with Crippen molar-refractivity contribution in [2.24, 2.45) is 0 Å². The van der Waals surface area contributed by atoms with Gasteiger partial charge >= 0.3 is 0 Å². The minimum Gasteiger partial charge on any atom is -0.472 e. The second kappa shape index (κ2) is 4.53. The third kappa shape index (κ3) is 2.42. The smallest absolute Gasteiger partial charge is 0.254 e. The highest BCUT2D eigenvalue weighted by molar-refractivity contribution is 5.93. The predicted molar refractivity (Wildman–Crippen MR) is 60.7 cm³/mol. The van der Waals surface area contributed by atoms with E-state index in [1.807, 2.05) is 18.2 Å². The summed E-state index contributed by atoms with van der Waals surface area (Å²) >= 11 is 0. The normalized spacial score (nSPS) is 10.0. The number of rotatable bonds is 3. The summed E-state index contributed by atoms with van der Waals surface area (Å²) in [4.78, 5) is 11.6. The first-order valence-electron chi connectivity index (χ1n) is 4.90. The maximum atomic E-state index is 11.6. The van der Waals surface area contributed by atoms with Crippen LogP contribution in [0.25, 0.3) is 0 Å². The Kier molecular flexibility index (Phi) is 2.91. The summed E-state index contributed by atoms with van der Waals surface area (Å²) in [5.41, 5.74) is 7.81. The van der Waals surface area contributed by atoms with Gasteiger partial charge in [0, 0.05) is 12.2 Å². The molecule has 4 nitrogen and oxygen atoms in total. The first-order chi connectivity index (χ1) is 7.75. The van der Waals surface area contributed by atoms with Gasteiger partial charge in [-0.2, -0.15) is 0 Å². The van der Waals surface area contributed by atoms with E-state index in [0.717, 1.165) is 5.56 Å². The average molecular weight is 216 g/mol. The highest BCUT2D eigenvalue weighted by atomic mass is 16.3. The SMILES string of the molecule is Nc1cccc(CNC(=O)c2ccoc2)c1. The van der Waals surface area contributed by atoms with Crippen LogP contribution in [0.5, 0.6) is 0 Å². The van der Waals surface area contributed by atoms with Crippen LogP contribution in [0, 0.1) is 0 Å². The molecule has 0 bridgehead atoms. The Morgan fingerprint density at radius 2 is 2.25 bits per heavy atom. The number of anilines is 1. The van der Waals surface area contributed by atoms with E-state index in [9.17, 15) is 4.79 Å². The molecular formula is C12H12N2O2. The lowest BCUT2D eigenvalue weighted by Crippen LogP contribution is -2.22. The fraction of sp³-hybridized carbons (Fsp3) is 0.0833. The van der Waals surface area contributed by atoms with Crippen molar-refractivity contribution in [3.63, 3.8) is 0 Å². The second-order valence-corrected chi connectivity index (χ2v) is 3.44. The molecule has 0 atom stereocenters. The number of nitrogens with one attached hydrogen (secondary N) is 1. The van der Waals surface area contributed by atoms with Crippen molar-refractivity contribution >= 4 is 11.6 Å². The molecule has 16 heavy (non-hydrogen) atoms. The molecule has 2 rings (SSSR count). The maximum absolute atomic E-state index is 11.6. The van der Waals surface area contributed by atoms with Crippen LogP contribution >= 0.6 is 0 Å². The zero-order valence-electron chi connectivity index (χ0n) is 8.64. The topological polar surface area (TPSA) is 68.3 Å². The van der Waals surface area contributed by atoms with Gasteiger partial charge in [-0.15, -0.1) is 0 Å². The molecular weight excluding hydrogens is 204 g/mol. The number of nitrogen functional groups attached to an aromatic ring is 1. The summed E-state index contributed by atoms with van der Waals surface area (Å²) in [5.74, 6) is -0.156. The van der Waals surface area contributed by atoms with E-state index < -0.39 is 0 Å². The number of carbonyl (C=O) groups excluding carboxylic acids is 1. The molecule has 1 aromatic heterocycles. The number of hydrogen-bond donors (Lipinski definition) is 2. The maximum Gasteiger partial charge on any atom is 0.254 e. The standard InChI is InChI=1S/C12H12N2O2/c13-11-3-1-2-9(6-11)7-14-12(15)10-4-5-16-8-10/h1-6,8H,7,13H2,(H,14,15). The van der Waals surface area contributed by atoms with E-state index in [4.69, 9.17) is 10.2 Å². The molecule has 3 N–H and O–H groups in total. The van der Waals surface area contributed by atoms with Gasteiger partial charge in [0.1, 0.15) is 6.26 Å². The molecule has 1 amide bonds. The molecule has 0 aliphatic rings. The molecule has 2 aromatic rings. The van der Waals surface area contributed by atoms with Gasteiger partial charge < -0.3 is 15.5 Å². The van der Waals surface area contributed by atoms with E-state index in [0.29, 0.717) is 17.8 Å². The van der Waals surface area contributed by atoms with Crippen molar-refractivity contribution in [1.29, 1.82) is 0 Å². The van der Waals surface area contributed by atoms with E-state index in [1.54, 1.807) is 12.1 Å². The lowest BCUT2D eigenvalue weighted by Gasteiger charge is -2.04. The lowest BCUT2D eigenvalue weighted by atomic mass is 10.2. The Hall–Kier alpha value is -2.23. The van der Waals surface area contributed by atoms with Crippen LogP contribution < -0.4 is 11.1 Å². The van der Waals surface area contributed by atoms with Crippen LogP contribution in [0.2, 0.25) is 0 Å². The molecule has 0 radical (unpaired) electrons. The van der Waals surface area contributed by atoms with Crippen molar-refractivity contribution in [1.82, 2.24) is 5.32 Å². The number of amides is 1. The summed E-state index contributed by atoms with van der Waals surface area (Å²) in [7, 11) is 0. The van der Waals surface area contributed by atoms with Crippen molar-refractivity contribution < 1.29 is 9.21 Å². The minimum absolute atomic E-state index is 0.156. The highest BCUT2D eigenvalue weighted by Crippen LogP contribution is 2.06. The van der Waals surface area contributed by atoms with E-state index in [2.05, 4.69) is 5.32 Å². The van der Waals surface area contributed by atoms with Crippen molar-refractivity contribution in [3.8, 4) is 0 Å². The van der Waals surface area contributed by atoms with Gasteiger partial charge in [0.15, 0.2) is 0 Å². The van der Waals surface area contributed by atoms with Gasteiger partial charge in [0.2, 0.25) is 0 Å². The summed E-state index contributed by atoms with van der Waals surface area (Å²) in [6.07, 6.45) is 2.88. The van der Waals surface area contributed by atoms with Crippen LogP contribution in [-0.4, -0.2) is 5.91 Å². The monoisotopic (exact) mass is 216 g/mol. The second-order valence-electron chi connectivity index (χ2n) is 3.44. The van der Waals surface area contributed by atoms with E-state index in [-0.39, 0.29) is 5.91 Å². The largest absolute Gasteiger partial charge is 0.472 e. The molecule has 0 saturated heterocycles. The summed E-state index contributed by atoms with van der Waals surface area (Å²) in [6, 6.07) is 9.02. The van der Waals surface area contributed by atoms with E-state index >= 15 is 0 Å². The van der Waals surface area contributed by atoms with Crippen molar-refractivity contribution in [3.05, 3.63) is 54.0 Å². The van der Waals surface area contributed by atoms with Crippen molar-refractivity contribution in [2.75, 3.05) is 5.73 Å². The Bertz CT molecular complexity index is 478. The van der Waals surface area contributed by atoms with Crippen LogP contribution in [-0.2, 0) is 6.54 Å². The Labute approximate surface area is 93.1 Å². The molecule has 0 aliphatic carbocycles. The summed E-state index contributed by atoms with van der Waals surface area (Å²) < 4.78 is 4.83. The molecule has 0 aliphatic heterocycles. The van der Waals surface area contributed by atoms with Crippen molar-refractivity contribution in [2.45, 2.75) is 6.54 Å². The first-order valence-corrected chi connectivity index (χ1v) is 4.90. The van der Waals surface area contributed by atoms with Gasteiger partial charge in [0.05, 0.1) is 11.8 Å². The fourth-order valence-corrected chi connectivity index (χ4v) is 1.38. The minimum atomic E-state index is -0.156. The van der Waals surface area contributed by atoms with Gasteiger partial charge in [-0.1, -0.05) is 12.1 Å². The quantitative estimate of drug-likeness (QED) is 0.768. The van der Waals surface area contributed by atoms with Crippen LogP contribution in [0.4, 0.5) is 5.69 Å². The Balaban J connectivity index is 1.95. The zero-order chi connectivity index (χ0) is 11.4. The van der Waals surface area contributed by atoms with Crippen LogP contribution in [0.3, 0.4) is 0 Å². The molecule has 1 heterocycles. The Morgan fingerprint density at radius 1 is 1.38 bits per heavy atom. The first kappa shape index (κ1) is 10.3. The number of benzene rings is 1. The molecule has 0 saturated carbocycles. The number of hydrogen-bond acceptors (Lipinski definition) is 3. The predicted octanol–water partition coefficient (Wildman–Crippen LogP) is 1.79. The highest BCUT2D eigenvalue weighted by Gasteiger charge is 2.05. The van der Waals surface area contributed by atoms with E-state index in [1.165, 1.54) is 12.5 Å². The van der Waals surface area contributed by atoms with Crippen LogP contribution in [0.15, 0.2) is 47.3 Å². The molecule has 82 valence electrons. The van der Waals surface area contributed by atoms with Gasteiger partial charge in [-0.3, -0.25) is 4.79 Å². The molecule has 4 heteroatoms. The van der Waals surface area contributed by atoms with Gasteiger partial charge in [-0.05, 0) is 23.8 Å². The third-order valence-electron chi connectivity index (χ3n) is 2.19. The third-order valence-corrected chi connectivity index (χ3v) is 2.19. The fourth-order valence-electron chi connectivity index (χ4n) is 1.38. The van der Waals surface area contributed by atoms with Gasteiger partial charge in [-0.25, -0.2) is 0 Å². The lowest BCUT2D eigenvalue weighted by molar-refractivity contribution is 0.0950. The summed E-state index contributed by atoms with van der Waals surface area (Å²) in [6.45, 7) is 0.453. The number of furan rings is 1. The number of carbonyl (C=O) groups is 1. The molecule has 1 aromatic carbocycles. The summed E-state index contributed by atoms with van der Waals surface area (Å²) in [5, 5.41) is 2.77. The molecule has 0 spiro atoms. The number of nitrogens with two attached hydrogens (primary N) is 1. The molecule has 0 unspecified atom stereocenters. The van der Waals surface area contributed by atoms with Crippen LogP contribution in [0.1, 0.15) is 15.9 Å². The molecule has 0 fully saturated rings. The van der Waals surface area contributed by atoms with Gasteiger partial charge in [0.25, 0.3) is 5.91 Å².